The summed E-state index contributed by atoms with van der Waals surface area (Å²) < 4.78 is 20.5. The van der Waals surface area contributed by atoms with Crippen molar-refractivity contribution in [1.82, 2.24) is 0 Å². The molecule has 4 unspecified atom stereocenters. The first kappa shape index (κ1) is 11.8. The van der Waals surface area contributed by atoms with Crippen LogP contribution in [0.3, 0.4) is 0 Å². The summed E-state index contributed by atoms with van der Waals surface area (Å²) in [4.78, 5) is 11.5. The van der Waals surface area contributed by atoms with Crippen molar-refractivity contribution in [2.24, 2.45) is 0 Å². The molecule has 1 heterocycles. The predicted molar refractivity (Wildman–Crippen MR) is 51.6 cm³/mol. The molecule has 2 fully saturated rings. The number of hydrogen-bond acceptors (Lipinski definition) is 6. The molecule has 0 aromatic heterocycles. The Morgan fingerprint density at radius 1 is 1.38 bits per heavy atom. The van der Waals surface area contributed by atoms with Crippen LogP contribution in [0.5, 0.6) is 0 Å². The zero-order valence-electron chi connectivity index (χ0n) is 9.34. The fraction of sp³-hybridized carbons (Fsp3) is 0.900. The number of carbonyl (C=O) groups is 1. The van der Waals surface area contributed by atoms with Gasteiger partial charge in [0, 0.05) is 20.0 Å². The van der Waals surface area contributed by atoms with Crippen molar-refractivity contribution < 1.29 is 28.8 Å². The van der Waals surface area contributed by atoms with Gasteiger partial charge in [0.15, 0.2) is 5.60 Å². The Hall–Kier alpha value is -0.690. The van der Waals surface area contributed by atoms with Crippen LogP contribution in [0.15, 0.2) is 0 Å². The van der Waals surface area contributed by atoms with E-state index < -0.39 is 11.6 Å². The lowest BCUT2D eigenvalue weighted by Crippen LogP contribution is -2.55. The Kier molecular flexibility index (Phi) is 3.16. The van der Waals surface area contributed by atoms with Gasteiger partial charge in [-0.25, -0.2) is 4.79 Å². The first-order valence-corrected chi connectivity index (χ1v) is 5.17. The molecule has 16 heavy (non-hydrogen) atoms. The lowest BCUT2D eigenvalue weighted by Gasteiger charge is -2.39. The maximum Gasteiger partial charge on any atom is 0.338 e. The maximum absolute atomic E-state index is 11.5. The third-order valence-electron chi connectivity index (χ3n) is 3.22. The largest absolute Gasteiger partial charge is 0.467 e. The van der Waals surface area contributed by atoms with E-state index in [0.29, 0.717) is 0 Å². The Morgan fingerprint density at radius 2 is 2.12 bits per heavy atom. The van der Waals surface area contributed by atoms with Crippen molar-refractivity contribution in [3.05, 3.63) is 0 Å². The molecule has 0 amide bonds. The molecule has 1 saturated heterocycles. The van der Waals surface area contributed by atoms with Crippen molar-refractivity contribution in [1.29, 1.82) is 0 Å². The van der Waals surface area contributed by atoms with Crippen molar-refractivity contribution >= 4 is 5.97 Å². The van der Waals surface area contributed by atoms with Crippen LogP contribution in [0, 0.1) is 0 Å². The van der Waals surface area contributed by atoms with Crippen LogP contribution in [0.25, 0.3) is 0 Å². The van der Waals surface area contributed by atoms with Gasteiger partial charge < -0.3 is 24.1 Å². The molecule has 6 nitrogen and oxygen atoms in total. The van der Waals surface area contributed by atoms with Crippen molar-refractivity contribution in [3.8, 4) is 0 Å². The fourth-order valence-corrected chi connectivity index (χ4v) is 2.37. The lowest BCUT2D eigenvalue weighted by molar-refractivity contribution is -0.181. The predicted octanol–water partition coefficient (Wildman–Crippen LogP) is -0.559. The molecule has 0 aromatic rings. The van der Waals surface area contributed by atoms with Crippen LogP contribution < -0.4 is 0 Å². The highest BCUT2D eigenvalue weighted by atomic mass is 16.7. The van der Waals surface area contributed by atoms with Crippen LogP contribution in [0.2, 0.25) is 0 Å². The minimum absolute atomic E-state index is 0.167. The van der Waals surface area contributed by atoms with Crippen molar-refractivity contribution in [2.45, 2.75) is 36.8 Å². The second-order valence-electron chi connectivity index (χ2n) is 4.16. The molecule has 0 radical (unpaired) electrons. The van der Waals surface area contributed by atoms with Gasteiger partial charge in [0.05, 0.1) is 19.3 Å². The minimum atomic E-state index is -1.54. The van der Waals surface area contributed by atoms with Gasteiger partial charge in [0.2, 0.25) is 0 Å². The third kappa shape index (κ3) is 1.82. The van der Waals surface area contributed by atoms with Gasteiger partial charge in [-0.1, -0.05) is 0 Å². The molecule has 6 heteroatoms. The Morgan fingerprint density at radius 3 is 2.75 bits per heavy atom. The highest BCUT2D eigenvalue weighted by Gasteiger charge is 2.53. The first-order valence-electron chi connectivity index (χ1n) is 5.17. The van der Waals surface area contributed by atoms with Gasteiger partial charge in [-0.3, -0.25) is 0 Å². The second-order valence-corrected chi connectivity index (χ2v) is 4.16. The van der Waals surface area contributed by atoms with Gasteiger partial charge in [-0.15, -0.1) is 0 Å². The van der Waals surface area contributed by atoms with Gasteiger partial charge in [-0.2, -0.15) is 0 Å². The van der Waals surface area contributed by atoms with E-state index in [1.54, 1.807) is 0 Å². The minimum Gasteiger partial charge on any atom is -0.467 e. The number of carbonyl (C=O) groups excluding carboxylic acids is 1. The van der Waals surface area contributed by atoms with E-state index >= 15 is 0 Å². The maximum atomic E-state index is 11.5. The average molecular weight is 232 g/mol. The summed E-state index contributed by atoms with van der Waals surface area (Å²) in [6.07, 6.45) is -0.534. The molecule has 92 valence electrons. The standard InChI is InChI=1S/C10H16O6/c1-13-6-3-10(12,9(11)14-2)4-7-8(6)16-5-15-7/h6-8,12H,3-5H2,1-2H3. The van der Waals surface area contributed by atoms with E-state index in [1.165, 1.54) is 14.2 Å². The number of esters is 1. The SMILES string of the molecule is COC(=O)C1(O)CC(OC)C2OCOC2C1. The van der Waals surface area contributed by atoms with Crippen LogP contribution in [-0.4, -0.2) is 56.0 Å². The summed E-state index contributed by atoms with van der Waals surface area (Å²) in [6, 6.07) is 0. The van der Waals surface area contributed by atoms with Crippen LogP contribution >= 0.6 is 0 Å². The summed E-state index contributed by atoms with van der Waals surface area (Å²) in [5.74, 6) is -0.650. The van der Waals surface area contributed by atoms with Gasteiger partial charge in [0.25, 0.3) is 0 Å². The van der Waals surface area contributed by atoms with Crippen LogP contribution in [0.1, 0.15) is 12.8 Å². The summed E-state index contributed by atoms with van der Waals surface area (Å²) >= 11 is 0. The molecule has 0 bridgehead atoms. The molecule has 2 aliphatic rings. The number of fused-ring (bicyclic) bond motifs is 1. The molecule has 1 N–H and O–H groups in total. The highest BCUT2D eigenvalue weighted by molar-refractivity contribution is 5.79. The number of hydrogen-bond donors (Lipinski definition) is 1. The lowest BCUT2D eigenvalue weighted by atomic mass is 9.79. The molecule has 2 rings (SSSR count). The Bertz CT molecular complexity index is 280. The molecule has 0 aromatic carbocycles. The highest BCUT2D eigenvalue weighted by Crippen LogP contribution is 2.37. The Labute approximate surface area is 93.4 Å². The van der Waals surface area contributed by atoms with E-state index in [-0.39, 0.29) is 37.9 Å². The van der Waals surface area contributed by atoms with E-state index in [9.17, 15) is 9.90 Å². The van der Waals surface area contributed by atoms with Gasteiger partial charge >= 0.3 is 5.97 Å². The van der Waals surface area contributed by atoms with Gasteiger partial charge in [-0.05, 0) is 0 Å². The molecule has 1 aliphatic heterocycles. The van der Waals surface area contributed by atoms with Crippen molar-refractivity contribution in [2.75, 3.05) is 21.0 Å². The summed E-state index contributed by atoms with van der Waals surface area (Å²) in [5.41, 5.74) is -1.54. The zero-order chi connectivity index (χ0) is 11.8. The smallest absolute Gasteiger partial charge is 0.338 e. The number of aliphatic hydroxyl groups is 1. The number of methoxy groups -OCH3 is 2. The normalized spacial score (nSPS) is 42.8. The topological polar surface area (TPSA) is 74.2 Å². The Balaban J connectivity index is 2.16. The van der Waals surface area contributed by atoms with E-state index in [0.717, 1.165) is 0 Å². The van der Waals surface area contributed by atoms with Crippen LogP contribution in [-0.2, 0) is 23.7 Å². The van der Waals surface area contributed by atoms with E-state index in [1.807, 2.05) is 0 Å². The second kappa shape index (κ2) is 4.29. The van der Waals surface area contributed by atoms with E-state index in [4.69, 9.17) is 14.2 Å². The quantitative estimate of drug-likeness (QED) is 0.643. The fourth-order valence-electron chi connectivity index (χ4n) is 2.37. The average Bonchev–Trinajstić information content (AvgIpc) is 2.74. The first-order chi connectivity index (χ1) is 7.60. The summed E-state index contributed by atoms with van der Waals surface area (Å²) in [6.45, 7) is 0.173. The van der Waals surface area contributed by atoms with E-state index in [2.05, 4.69) is 4.74 Å². The molecule has 0 spiro atoms. The van der Waals surface area contributed by atoms with Gasteiger partial charge in [0.1, 0.15) is 12.9 Å². The third-order valence-corrected chi connectivity index (χ3v) is 3.22. The molecular formula is C10H16O6. The zero-order valence-corrected chi connectivity index (χ0v) is 9.34. The summed E-state index contributed by atoms with van der Waals surface area (Å²) in [7, 11) is 2.77. The van der Waals surface area contributed by atoms with Crippen LogP contribution in [0.4, 0.5) is 0 Å². The summed E-state index contributed by atoms with van der Waals surface area (Å²) in [5, 5.41) is 10.2. The van der Waals surface area contributed by atoms with Crippen molar-refractivity contribution in [3.63, 3.8) is 0 Å². The molecule has 1 saturated carbocycles. The molecule has 1 aliphatic carbocycles. The monoisotopic (exact) mass is 232 g/mol. The molecular weight excluding hydrogens is 216 g/mol. The molecule has 4 atom stereocenters. The number of ether oxygens (including phenoxy) is 4. The number of rotatable bonds is 2.